The number of ether oxygens (including phenoxy) is 2. The molecule has 5 aliphatic rings. The van der Waals surface area contributed by atoms with Gasteiger partial charge in [0.1, 0.15) is 6.61 Å². The van der Waals surface area contributed by atoms with Gasteiger partial charge >= 0.3 is 35.0 Å². The van der Waals surface area contributed by atoms with E-state index in [9.17, 15) is 14.7 Å². The van der Waals surface area contributed by atoms with Gasteiger partial charge in [-0.25, -0.2) is 9.98 Å². The van der Waals surface area contributed by atoms with Gasteiger partial charge < -0.3 is 19.6 Å². The van der Waals surface area contributed by atoms with Gasteiger partial charge in [0.15, 0.2) is 0 Å². The van der Waals surface area contributed by atoms with Crippen LogP contribution >= 0.6 is 0 Å². The molecular formula is C55H70MgN4O5. The minimum Gasteiger partial charge on any atom is -0.874 e. The second-order valence-corrected chi connectivity index (χ2v) is 19.2. The molecule has 1 aromatic rings. The third-order valence-electron chi connectivity index (χ3n) is 14.0. The van der Waals surface area contributed by atoms with Gasteiger partial charge in [-0.3, -0.25) is 14.6 Å². The van der Waals surface area contributed by atoms with E-state index in [4.69, 9.17) is 29.4 Å². The first kappa shape index (κ1) is 51.4. The molecule has 10 heteroatoms. The Hall–Kier alpha value is -4.54. The van der Waals surface area contributed by atoms with Crippen molar-refractivity contribution in [1.82, 2.24) is 4.98 Å². The summed E-state index contributed by atoms with van der Waals surface area (Å²) in [5.41, 5.74) is 10.7. The van der Waals surface area contributed by atoms with Crippen molar-refractivity contribution in [2.45, 2.75) is 133 Å². The maximum absolute atomic E-state index is 14.3. The summed E-state index contributed by atoms with van der Waals surface area (Å²) in [5.74, 6) is -0.800. The maximum Gasteiger partial charge on any atom is 2.00 e. The van der Waals surface area contributed by atoms with Gasteiger partial charge in [0, 0.05) is 40.8 Å². The van der Waals surface area contributed by atoms with Crippen molar-refractivity contribution in [3.63, 3.8) is 0 Å². The zero-order valence-corrected chi connectivity index (χ0v) is 42.3. The Morgan fingerprint density at radius 2 is 1.43 bits per heavy atom. The molecule has 0 saturated carbocycles. The quantitative estimate of drug-likeness (QED) is 0.0730. The summed E-state index contributed by atoms with van der Waals surface area (Å²) in [5, 5.41) is 15.1. The molecular weight excluding hydrogens is 821 g/mol. The van der Waals surface area contributed by atoms with Crippen LogP contribution in [0.4, 0.5) is 0 Å². The number of fused-ring (bicyclic) bond motifs is 5. The van der Waals surface area contributed by atoms with E-state index in [0.29, 0.717) is 51.1 Å². The van der Waals surface area contributed by atoms with Crippen LogP contribution in [0.15, 0.2) is 103 Å². The summed E-state index contributed by atoms with van der Waals surface area (Å²) in [6.45, 7) is 27.8. The SMILES string of the molecule is C=CC1=C(C)C2=NC1=Cc1[n-]c3c(c1C)=C([O-])[C@@H](C(=O)OC)C=3C1=NC(=CC3=NC(=C2)C(C=C)=C3C)[C@@H](C)[C@@H]1CCC(=O)OC/C=C(\C)CCC[C@H](C)CCC[C@H](C)CCCC(C)C.[Mg+2]. The van der Waals surface area contributed by atoms with Gasteiger partial charge in [-0.05, 0) is 105 Å². The molecule has 5 heterocycles. The van der Waals surface area contributed by atoms with Crippen LogP contribution in [0.5, 0.6) is 0 Å². The molecule has 6 rings (SSSR count). The minimum atomic E-state index is -1.24. The number of rotatable bonds is 20. The molecule has 0 radical (unpaired) electrons. The molecule has 1 aromatic heterocycles. The van der Waals surface area contributed by atoms with Gasteiger partial charge in [-0.1, -0.05) is 122 Å². The number of methoxy groups -OCH3 is 1. The van der Waals surface area contributed by atoms with Crippen LogP contribution in [0.3, 0.4) is 0 Å². The number of hydrogen-bond acceptors (Lipinski definition) is 8. The average molecular weight is 891 g/mol. The molecule has 8 bridgehead atoms. The van der Waals surface area contributed by atoms with Crippen LogP contribution in [0.25, 0.3) is 17.4 Å². The van der Waals surface area contributed by atoms with Crippen LogP contribution in [0.1, 0.15) is 137 Å². The minimum absolute atomic E-state index is 0. The Balaban J connectivity index is 0.00000793. The summed E-state index contributed by atoms with van der Waals surface area (Å²) in [7, 11) is 1.29. The topological polar surface area (TPSA) is 127 Å². The first-order chi connectivity index (χ1) is 30.6. The van der Waals surface area contributed by atoms with Gasteiger partial charge in [0.05, 0.1) is 35.8 Å². The number of nitrogens with zero attached hydrogens (tertiary/aromatic N) is 4. The molecule has 0 saturated heterocycles. The van der Waals surface area contributed by atoms with Crippen molar-refractivity contribution >= 4 is 69.5 Å². The normalized spacial score (nSPS) is 21.1. The van der Waals surface area contributed by atoms with E-state index in [1.165, 1.54) is 57.6 Å². The molecule has 0 spiro atoms. The van der Waals surface area contributed by atoms with E-state index in [2.05, 4.69) is 54.7 Å². The molecule has 0 aromatic carbocycles. The third kappa shape index (κ3) is 11.5. The number of hydrogen-bond donors (Lipinski definition) is 0. The van der Waals surface area contributed by atoms with Gasteiger partial charge in [-0.15, -0.1) is 16.8 Å². The molecule has 0 amide bonds. The van der Waals surface area contributed by atoms with Crippen molar-refractivity contribution in [3.8, 4) is 0 Å². The van der Waals surface area contributed by atoms with Crippen LogP contribution in [0.2, 0.25) is 0 Å². The molecule has 9 nitrogen and oxygen atoms in total. The molecule has 5 atom stereocenters. The first-order valence-corrected chi connectivity index (χ1v) is 23.6. The maximum atomic E-state index is 14.3. The number of allylic oxidation sites excluding steroid dienone is 8. The zero-order valence-electron chi connectivity index (χ0n) is 40.9. The first-order valence-electron chi connectivity index (χ1n) is 23.6. The molecule has 342 valence electrons. The summed E-state index contributed by atoms with van der Waals surface area (Å²) in [4.78, 5) is 47.3. The fourth-order valence-electron chi connectivity index (χ4n) is 9.86. The third-order valence-corrected chi connectivity index (χ3v) is 14.0. The van der Waals surface area contributed by atoms with Gasteiger partial charge in [0.25, 0.3) is 0 Å². The Morgan fingerprint density at radius 3 is 2.03 bits per heavy atom. The summed E-state index contributed by atoms with van der Waals surface area (Å²) >= 11 is 0. The van der Waals surface area contributed by atoms with Crippen molar-refractivity contribution < 1.29 is 24.2 Å². The zero-order chi connectivity index (χ0) is 46.4. The summed E-state index contributed by atoms with van der Waals surface area (Å²) in [6.07, 6.45) is 23.2. The Labute approximate surface area is 404 Å². The van der Waals surface area contributed by atoms with Crippen molar-refractivity contribution in [3.05, 3.63) is 110 Å². The predicted molar refractivity (Wildman–Crippen MR) is 265 cm³/mol. The van der Waals surface area contributed by atoms with Gasteiger partial charge in [-0.2, -0.15) is 0 Å². The molecule has 1 aliphatic carbocycles. The number of esters is 2. The predicted octanol–water partition coefficient (Wildman–Crippen LogP) is 9.45. The number of aliphatic imine (C=N–C) groups is 3. The second kappa shape index (κ2) is 22.8. The van der Waals surface area contributed by atoms with Crippen molar-refractivity contribution in [1.29, 1.82) is 0 Å². The Kier molecular flexibility index (Phi) is 18.0. The van der Waals surface area contributed by atoms with E-state index >= 15 is 0 Å². The van der Waals surface area contributed by atoms with Crippen molar-refractivity contribution in [2.24, 2.45) is 50.5 Å². The van der Waals surface area contributed by atoms with Crippen LogP contribution in [0, 0.1) is 42.4 Å². The van der Waals surface area contributed by atoms with E-state index in [1.807, 2.05) is 51.2 Å². The summed E-state index contributed by atoms with van der Waals surface area (Å²) < 4.78 is 11.0. The molecule has 0 N–H and O–H groups in total. The van der Waals surface area contributed by atoms with E-state index in [-0.39, 0.29) is 59.6 Å². The second-order valence-electron chi connectivity index (χ2n) is 19.2. The average Bonchev–Trinajstić information content (AvgIpc) is 3.99. The smallest absolute Gasteiger partial charge is 0.874 e. The monoisotopic (exact) mass is 891 g/mol. The largest absolute Gasteiger partial charge is 2.00 e. The molecule has 65 heavy (non-hydrogen) atoms. The number of carbonyl (C=O) groups excluding carboxylic acids is 2. The van der Waals surface area contributed by atoms with Crippen LogP contribution < -0.4 is 20.7 Å². The molecule has 4 aliphatic heterocycles. The fourth-order valence-corrected chi connectivity index (χ4v) is 9.86. The fraction of sp³-hybridized carbons (Fsp3) is 0.509. The van der Waals surface area contributed by atoms with E-state index < -0.39 is 11.9 Å². The Morgan fingerprint density at radius 1 is 0.846 bits per heavy atom. The molecule has 0 unspecified atom stereocenters. The number of carbonyl (C=O) groups is 2. The number of aromatic nitrogens is 1. The summed E-state index contributed by atoms with van der Waals surface area (Å²) in [6, 6.07) is 0. The van der Waals surface area contributed by atoms with E-state index in [0.717, 1.165) is 69.8 Å². The van der Waals surface area contributed by atoms with Gasteiger partial charge in [0.2, 0.25) is 0 Å². The Bertz CT molecular complexity index is 2480. The van der Waals surface area contributed by atoms with E-state index in [1.54, 1.807) is 6.08 Å². The standard InChI is InChI=1S/C55H71N4O5.Mg/c1-13-39-35(8)42-28-44-37(10)41(24-25-48(60)64-27-26-34(7)23-17-22-33(6)21-16-20-32(5)19-15-18-31(3)4)52(58-44)50-51(55(62)63-12)54(61)49-38(11)45(59-53(49)50)30-47-40(14-2)36(9)43(57-47)29-46(39)56-42;/h13-14,26,28-33,37,41,51H,1-2,15-25,27H2,3-12H3,(H-,56,57,58,59,61);/q-1;+2/p-1/b34-26+;/t32-,33-,37+,41+,51+;/m1./s1. The van der Waals surface area contributed by atoms with Crippen LogP contribution in [-0.4, -0.2) is 65.8 Å². The van der Waals surface area contributed by atoms with Crippen LogP contribution in [-0.2, 0) is 19.1 Å². The molecule has 0 fully saturated rings. The van der Waals surface area contributed by atoms with Crippen molar-refractivity contribution in [2.75, 3.05) is 13.7 Å².